The number of hydrogen-bond donors (Lipinski definition) is 0. The zero-order valence-corrected chi connectivity index (χ0v) is 16.5. The van der Waals surface area contributed by atoms with E-state index in [1.54, 1.807) is 14.2 Å². The molecule has 2 fully saturated rings. The molecular weight excluding hydrogens is 332 g/mol. The maximum absolute atomic E-state index is 12.9. The van der Waals surface area contributed by atoms with Crippen LogP contribution in [0.1, 0.15) is 34.7 Å². The summed E-state index contributed by atoms with van der Waals surface area (Å²) in [5.74, 6) is 2.15. The average molecular weight is 364 g/mol. The normalized spacial score (nSPS) is 23.1. The highest BCUT2D eigenvalue weighted by Gasteiger charge is 2.48. The van der Waals surface area contributed by atoms with Gasteiger partial charge in [0.15, 0.2) is 0 Å². The Kier molecular flexibility index (Phi) is 6.05. The molecule has 1 amide bonds. The Bertz CT molecular complexity index is 619. The fraction of sp³-hybridized carbons (Fsp3) is 0.750. The maximum atomic E-state index is 12.9. The van der Waals surface area contributed by atoms with Crippen molar-refractivity contribution in [3.05, 3.63) is 23.2 Å². The van der Waals surface area contributed by atoms with E-state index >= 15 is 0 Å². The van der Waals surface area contributed by atoms with E-state index in [1.807, 2.05) is 24.8 Å². The van der Waals surface area contributed by atoms with Crippen LogP contribution in [0.15, 0.2) is 10.5 Å². The van der Waals surface area contributed by atoms with Gasteiger partial charge in [0.2, 0.25) is 0 Å². The van der Waals surface area contributed by atoms with Gasteiger partial charge >= 0.3 is 0 Å². The smallest absolute Gasteiger partial charge is 0.257 e. The SMILES string of the molecule is COCCN1C[C@H](COC)C2(CCN(C(=O)c3cc(C)oc3C)CC2)C1. The first kappa shape index (κ1) is 19.4. The van der Waals surface area contributed by atoms with Crippen LogP contribution in [0.2, 0.25) is 0 Å². The van der Waals surface area contributed by atoms with Crippen molar-refractivity contribution in [2.24, 2.45) is 11.3 Å². The van der Waals surface area contributed by atoms with Crippen molar-refractivity contribution in [3.63, 3.8) is 0 Å². The summed E-state index contributed by atoms with van der Waals surface area (Å²) in [6, 6.07) is 1.86. The Balaban J connectivity index is 1.65. The minimum absolute atomic E-state index is 0.103. The molecule has 0 radical (unpaired) electrons. The Hall–Kier alpha value is -1.37. The van der Waals surface area contributed by atoms with Crippen LogP contribution < -0.4 is 0 Å². The van der Waals surface area contributed by atoms with E-state index in [-0.39, 0.29) is 11.3 Å². The van der Waals surface area contributed by atoms with Gasteiger partial charge in [-0.1, -0.05) is 0 Å². The van der Waals surface area contributed by atoms with E-state index in [0.29, 0.717) is 11.5 Å². The highest BCUT2D eigenvalue weighted by atomic mass is 16.5. The quantitative estimate of drug-likeness (QED) is 0.776. The third-order valence-corrected chi connectivity index (χ3v) is 6.18. The number of likely N-dealkylation sites (tertiary alicyclic amines) is 2. The largest absolute Gasteiger partial charge is 0.466 e. The zero-order valence-electron chi connectivity index (χ0n) is 16.5. The summed E-state index contributed by atoms with van der Waals surface area (Å²) in [6.45, 7) is 10.0. The van der Waals surface area contributed by atoms with Gasteiger partial charge in [-0.2, -0.15) is 0 Å². The molecule has 2 aliphatic heterocycles. The first-order valence-corrected chi connectivity index (χ1v) is 9.55. The molecule has 0 aromatic carbocycles. The first-order chi connectivity index (χ1) is 12.5. The molecule has 26 heavy (non-hydrogen) atoms. The molecule has 2 aliphatic rings. The summed E-state index contributed by atoms with van der Waals surface area (Å²) < 4.78 is 16.3. The molecule has 146 valence electrons. The molecule has 1 aromatic rings. The monoisotopic (exact) mass is 364 g/mol. The van der Waals surface area contributed by atoms with Gasteiger partial charge in [0, 0.05) is 52.9 Å². The molecule has 1 spiro atoms. The van der Waals surface area contributed by atoms with Crippen LogP contribution in [0, 0.1) is 25.2 Å². The summed E-state index contributed by atoms with van der Waals surface area (Å²) in [5.41, 5.74) is 0.960. The number of methoxy groups -OCH3 is 2. The number of piperidine rings is 1. The summed E-state index contributed by atoms with van der Waals surface area (Å²) in [4.78, 5) is 17.3. The summed E-state index contributed by atoms with van der Waals surface area (Å²) >= 11 is 0. The molecule has 0 bridgehead atoms. The Morgan fingerprint density at radius 1 is 1.27 bits per heavy atom. The number of nitrogens with zero attached hydrogens (tertiary/aromatic N) is 2. The van der Waals surface area contributed by atoms with Gasteiger partial charge in [-0.3, -0.25) is 4.79 Å². The van der Waals surface area contributed by atoms with Crippen molar-refractivity contribution in [2.45, 2.75) is 26.7 Å². The fourth-order valence-corrected chi connectivity index (χ4v) is 4.70. The summed E-state index contributed by atoms with van der Waals surface area (Å²) in [6.07, 6.45) is 2.07. The molecule has 0 N–H and O–H groups in total. The molecular formula is C20H32N2O4. The van der Waals surface area contributed by atoms with Crippen molar-refractivity contribution in [2.75, 3.05) is 60.2 Å². The number of aryl methyl sites for hydroxylation is 2. The Labute approximate surface area is 156 Å². The molecule has 1 aromatic heterocycles. The van der Waals surface area contributed by atoms with Gasteiger partial charge in [-0.25, -0.2) is 0 Å². The summed E-state index contributed by atoms with van der Waals surface area (Å²) in [5, 5.41) is 0. The van der Waals surface area contributed by atoms with Gasteiger partial charge in [0.05, 0.1) is 18.8 Å². The Morgan fingerprint density at radius 3 is 2.58 bits per heavy atom. The molecule has 1 atom stereocenters. The number of amides is 1. The number of hydrogen-bond acceptors (Lipinski definition) is 5. The Morgan fingerprint density at radius 2 is 2.00 bits per heavy atom. The number of carbonyl (C=O) groups excluding carboxylic acids is 1. The fourth-order valence-electron chi connectivity index (χ4n) is 4.70. The average Bonchev–Trinajstić information content (AvgIpc) is 3.13. The second kappa shape index (κ2) is 8.11. The van der Waals surface area contributed by atoms with Crippen LogP contribution in [0.25, 0.3) is 0 Å². The maximum Gasteiger partial charge on any atom is 0.257 e. The van der Waals surface area contributed by atoms with Gasteiger partial charge in [-0.05, 0) is 38.2 Å². The van der Waals surface area contributed by atoms with Crippen LogP contribution in [-0.4, -0.2) is 75.9 Å². The van der Waals surface area contributed by atoms with E-state index in [4.69, 9.17) is 13.9 Å². The number of ether oxygens (including phenoxy) is 2. The first-order valence-electron chi connectivity index (χ1n) is 9.55. The molecule has 3 rings (SSSR count). The second-order valence-electron chi connectivity index (χ2n) is 7.86. The van der Waals surface area contributed by atoms with Crippen LogP contribution in [0.3, 0.4) is 0 Å². The lowest BCUT2D eigenvalue weighted by Crippen LogP contribution is -2.47. The van der Waals surface area contributed by atoms with Gasteiger partial charge in [0.1, 0.15) is 11.5 Å². The van der Waals surface area contributed by atoms with E-state index in [2.05, 4.69) is 4.90 Å². The van der Waals surface area contributed by atoms with E-state index in [1.165, 1.54) is 0 Å². The van der Waals surface area contributed by atoms with Crippen molar-refractivity contribution in [1.29, 1.82) is 0 Å². The molecule has 0 aliphatic carbocycles. The van der Waals surface area contributed by atoms with Gasteiger partial charge in [-0.15, -0.1) is 0 Å². The van der Waals surface area contributed by atoms with E-state index in [9.17, 15) is 4.79 Å². The minimum Gasteiger partial charge on any atom is -0.466 e. The summed E-state index contributed by atoms with van der Waals surface area (Å²) in [7, 11) is 3.54. The predicted octanol–water partition coefficient (Wildman–Crippen LogP) is 2.34. The number of furan rings is 1. The molecule has 6 nitrogen and oxygen atoms in total. The van der Waals surface area contributed by atoms with E-state index in [0.717, 1.165) is 70.3 Å². The third-order valence-electron chi connectivity index (χ3n) is 6.18. The highest BCUT2D eigenvalue weighted by molar-refractivity contribution is 5.95. The van der Waals surface area contributed by atoms with Crippen LogP contribution in [0.5, 0.6) is 0 Å². The van der Waals surface area contributed by atoms with E-state index < -0.39 is 0 Å². The number of rotatable bonds is 6. The lowest BCUT2D eigenvalue weighted by atomic mass is 9.71. The third kappa shape index (κ3) is 3.82. The predicted molar refractivity (Wildman–Crippen MR) is 99.4 cm³/mol. The van der Waals surface area contributed by atoms with Crippen molar-refractivity contribution >= 4 is 5.91 Å². The van der Waals surface area contributed by atoms with Gasteiger partial charge < -0.3 is 23.7 Å². The molecule has 2 saturated heterocycles. The molecule has 0 unspecified atom stereocenters. The molecule has 3 heterocycles. The van der Waals surface area contributed by atoms with Crippen LogP contribution in [0.4, 0.5) is 0 Å². The van der Waals surface area contributed by atoms with Crippen LogP contribution in [-0.2, 0) is 9.47 Å². The van der Waals surface area contributed by atoms with Crippen molar-refractivity contribution in [3.8, 4) is 0 Å². The van der Waals surface area contributed by atoms with Gasteiger partial charge in [0.25, 0.3) is 5.91 Å². The minimum atomic E-state index is 0.103. The standard InChI is InChI=1S/C20H32N2O4/c1-15-11-18(16(2)26-15)19(23)22-7-5-20(6-8-22)14-21(9-10-24-3)12-17(20)13-25-4/h11,17H,5-10,12-14H2,1-4H3/t17-/m1/s1. The highest BCUT2D eigenvalue weighted by Crippen LogP contribution is 2.45. The molecule has 6 heteroatoms. The van der Waals surface area contributed by atoms with Crippen molar-refractivity contribution < 1.29 is 18.7 Å². The van der Waals surface area contributed by atoms with Crippen molar-refractivity contribution in [1.82, 2.24) is 9.80 Å². The van der Waals surface area contributed by atoms with Crippen LogP contribution >= 0.6 is 0 Å². The lowest BCUT2D eigenvalue weighted by molar-refractivity contribution is 0.0320. The lowest BCUT2D eigenvalue weighted by Gasteiger charge is -2.42. The zero-order chi connectivity index (χ0) is 18.7. The molecule has 0 saturated carbocycles. The number of carbonyl (C=O) groups is 1. The second-order valence-corrected chi connectivity index (χ2v) is 7.86. The topological polar surface area (TPSA) is 55.2 Å².